The number of hydrogen-bond acceptors (Lipinski definition) is 6. The SMILES string of the molecule is C[C@@H](Oc1ccc2c3c(c(=O)oc2c1)CCC3)C(=O)NCC(=O)N1CC[C@]2(O)CCCC[C@H]2C1. The Morgan fingerprint density at radius 2 is 2.06 bits per heavy atom. The van der Waals surface area contributed by atoms with Crippen molar-refractivity contribution in [3.05, 3.63) is 39.7 Å². The zero-order valence-corrected chi connectivity index (χ0v) is 19.6. The molecule has 0 unspecified atom stereocenters. The summed E-state index contributed by atoms with van der Waals surface area (Å²) in [5.41, 5.74) is 1.33. The summed E-state index contributed by atoms with van der Waals surface area (Å²) in [5.74, 6) is 0.00539. The van der Waals surface area contributed by atoms with Crippen LogP contribution < -0.4 is 15.7 Å². The normalized spacial score (nSPS) is 24.9. The lowest BCUT2D eigenvalue weighted by molar-refractivity contribution is -0.144. The second-order valence-electron chi connectivity index (χ2n) is 9.97. The maximum absolute atomic E-state index is 12.7. The van der Waals surface area contributed by atoms with Crippen molar-refractivity contribution in [2.75, 3.05) is 19.6 Å². The van der Waals surface area contributed by atoms with Gasteiger partial charge in [-0.3, -0.25) is 9.59 Å². The van der Waals surface area contributed by atoms with Gasteiger partial charge in [-0.15, -0.1) is 0 Å². The Hall–Kier alpha value is -2.87. The summed E-state index contributed by atoms with van der Waals surface area (Å²) < 4.78 is 11.2. The minimum atomic E-state index is -0.823. The summed E-state index contributed by atoms with van der Waals surface area (Å²) >= 11 is 0. The first kappa shape index (κ1) is 22.9. The average molecular weight is 469 g/mol. The number of hydrogen-bond donors (Lipinski definition) is 2. The van der Waals surface area contributed by atoms with Gasteiger partial charge in [-0.1, -0.05) is 12.8 Å². The third-order valence-electron chi connectivity index (χ3n) is 7.82. The fraction of sp³-hybridized carbons (Fsp3) is 0.577. The van der Waals surface area contributed by atoms with Crippen molar-refractivity contribution in [1.82, 2.24) is 10.2 Å². The van der Waals surface area contributed by atoms with Gasteiger partial charge in [-0.2, -0.15) is 0 Å². The molecule has 1 aliphatic heterocycles. The summed E-state index contributed by atoms with van der Waals surface area (Å²) in [6, 6.07) is 5.28. The van der Waals surface area contributed by atoms with E-state index in [4.69, 9.17) is 9.15 Å². The summed E-state index contributed by atoms with van der Waals surface area (Å²) in [6.45, 7) is 2.57. The summed E-state index contributed by atoms with van der Waals surface area (Å²) in [4.78, 5) is 39.2. The molecular formula is C26H32N2O6. The molecule has 8 heteroatoms. The number of ether oxygens (including phenoxy) is 1. The molecule has 1 saturated carbocycles. The van der Waals surface area contributed by atoms with Crippen LogP contribution in [0.2, 0.25) is 0 Å². The van der Waals surface area contributed by atoms with Crippen molar-refractivity contribution in [3.63, 3.8) is 0 Å². The van der Waals surface area contributed by atoms with Crippen LogP contribution in [0.3, 0.4) is 0 Å². The van der Waals surface area contributed by atoms with Crippen LogP contribution in [0.25, 0.3) is 11.0 Å². The quantitative estimate of drug-likeness (QED) is 0.652. The number of likely N-dealkylation sites (tertiary alicyclic amines) is 1. The molecule has 2 aromatic rings. The summed E-state index contributed by atoms with van der Waals surface area (Å²) in [5, 5.41) is 14.4. The molecular weight excluding hydrogens is 436 g/mol. The van der Waals surface area contributed by atoms with Gasteiger partial charge in [0.2, 0.25) is 5.91 Å². The van der Waals surface area contributed by atoms with Crippen molar-refractivity contribution >= 4 is 22.8 Å². The minimum Gasteiger partial charge on any atom is -0.481 e. The average Bonchev–Trinajstić information content (AvgIpc) is 3.32. The van der Waals surface area contributed by atoms with Gasteiger partial charge in [0.25, 0.3) is 5.91 Å². The number of piperidine rings is 1. The third-order valence-corrected chi connectivity index (χ3v) is 7.82. The van der Waals surface area contributed by atoms with Gasteiger partial charge in [0.15, 0.2) is 6.10 Å². The zero-order chi connectivity index (χ0) is 23.9. The number of aliphatic hydroxyl groups is 1. The zero-order valence-electron chi connectivity index (χ0n) is 19.6. The molecule has 2 aliphatic carbocycles. The minimum absolute atomic E-state index is 0.101. The smallest absolute Gasteiger partial charge is 0.339 e. The molecule has 0 bridgehead atoms. The van der Waals surface area contributed by atoms with E-state index in [1.807, 2.05) is 6.07 Å². The first-order valence-corrected chi connectivity index (χ1v) is 12.4. The molecule has 1 aromatic heterocycles. The predicted molar refractivity (Wildman–Crippen MR) is 126 cm³/mol. The topological polar surface area (TPSA) is 109 Å². The van der Waals surface area contributed by atoms with E-state index in [2.05, 4.69) is 5.32 Å². The highest BCUT2D eigenvalue weighted by Crippen LogP contribution is 2.39. The van der Waals surface area contributed by atoms with Crippen LogP contribution >= 0.6 is 0 Å². The van der Waals surface area contributed by atoms with E-state index < -0.39 is 17.6 Å². The Kier molecular flexibility index (Phi) is 6.10. The van der Waals surface area contributed by atoms with Crippen molar-refractivity contribution in [2.24, 2.45) is 5.92 Å². The molecule has 0 radical (unpaired) electrons. The van der Waals surface area contributed by atoms with Crippen LogP contribution in [0, 0.1) is 5.92 Å². The molecule has 182 valence electrons. The monoisotopic (exact) mass is 468 g/mol. The lowest BCUT2D eigenvalue weighted by Crippen LogP contribution is -2.56. The molecule has 0 spiro atoms. The third kappa shape index (κ3) is 4.31. The van der Waals surface area contributed by atoms with Crippen LogP contribution in [0.4, 0.5) is 0 Å². The molecule has 1 saturated heterocycles. The largest absolute Gasteiger partial charge is 0.481 e. The van der Waals surface area contributed by atoms with Crippen LogP contribution in [0.5, 0.6) is 5.75 Å². The number of amides is 2. The standard InChI is InChI=1S/C26H32N2O6/c1-16(33-18-8-9-20-19-6-4-7-21(19)25(31)34-22(20)13-18)24(30)27-14-23(29)28-12-11-26(32)10-3-2-5-17(26)15-28/h8-9,13,16-17,32H,2-7,10-12,14-15H2,1H3,(H,27,30)/t16-,17+,26-/m1/s1. The van der Waals surface area contributed by atoms with Gasteiger partial charge in [-0.25, -0.2) is 4.79 Å². The lowest BCUT2D eigenvalue weighted by Gasteiger charge is -2.47. The maximum atomic E-state index is 12.7. The Morgan fingerprint density at radius 3 is 2.91 bits per heavy atom. The highest BCUT2D eigenvalue weighted by atomic mass is 16.5. The first-order valence-electron chi connectivity index (χ1n) is 12.4. The molecule has 8 nitrogen and oxygen atoms in total. The molecule has 2 N–H and O–H groups in total. The van der Waals surface area contributed by atoms with Crippen molar-refractivity contribution in [2.45, 2.75) is 70.0 Å². The van der Waals surface area contributed by atoms with Crippen LogP contribution in [-0.4, -0.2) is 53.2 Å². The number of rotatable bonds is 5. The predicted octanol–water partition coefficient (Wildman–Crippen LogP) is 2.32. The number of carbonyl (C=O) groups is 2. The molecule has 3 aliphatic rings. The van der Waals surface area contributed by atoms with Crippen LogP contribution in [0.1, 0.15) is 56.6 Å². The fourth-order valence-corrected chi connectivity index (χ4v) is 5.81. The van der Waals surface area contributed by atoms with Crippen molar-refractivity contribution < 1.29 is 23.8 Å². The van der Waals surface area contributed by atoms with Gasteiger partial charge in [-0.05, 0) is 63.1 Å². The Morgan fingerprint density at radius 1 is 1.24 bits per heavy atom. The van der Waals surface area contributed by atoms with E-state index in [1.165, 1.54) is 0 Å². The van der Waals surface area contributed by atoms with Gasteiger partial charge in [0, 0.05) is 36.0 Å². The van der Waals surface area contributed by atoms with Crippen LogP contribution in [0.15, 0.2) is 27.4 Å². The Balaban J connectivity index is 1.16. The lowest BCUT2D eigenvalue weighted by atomic mass is 9.71. The number of aryl methyl sites for hydroxylation is 1. The molecule has 34 heavy (non-hydrogen) atoms. The molecule has 3 atom stereocenters. The van der Waals surface area contributed by atoms with E-state index in [1.54, 1.807) is 24.0 Å². The number of nitrogens with one attached hydrogen (secondary N) is 1. The van der Waals surface area contributed by atoms with E-state index in [9.17, 15) is 19.5 Å². The summed E-state index contributed by atoms with van der Waals surface area (Å²) in [7, 11) is 0. The van der Waals surface area contributed by atoms with E-state index in [-0.39, 0.29) is 24.0 Å². The van der Waals surface area contributed by atoms with E-state index in [0.29, 0.717) is 30.8 Å². The van der Waals surface area contributed by atoms with Crippen LogP contribution in [-0.2, 0) is 22.4 Å². The Labute approximate surface area is 198 Å². The molecule has 5 rings (SSSR count). The van der Waals surface area contributed by atoms with E-state index in [0.717, 1.165) is 61.5 Å². The van der Waals surface area contributed by atoms with E-state index >= 15 is 0 Å². The van der Waals surface area contributed by atoms with Crippen molar-refractivity contribution in [1.29, 1.82) is 0 Å². The number of carbonyl (C=O) groups excluding carboxylic acids is 2. The number of fused-ring (bicyclic) bond motifs is 4. The maximum Gasteiger partial charge on any atom is 0.339 e. The highest BCUT2D eigenvalue weighted by molar-refractivity contribution is 5.87. The van der Waals surface area contributed by atoms with Gasteiger partial charge < -0.3 is 24.5 Å². The fourth-order valence-electron chi connectivity index (χ4n) is 5.81. The molecule has 2 heterocycles. The molecule has 2 fully saturated rings. The van der Waals surface area contributed by atoms with Gasteiger partial charge >= 0.3 is 5.63 Å². The van der Waals surface area contributed by atoms with Crippen molar-refractivity contribution in [3.8, 4) is 5.75 Å². The highest BCUT2D eigenvalue weighted by Gasteiger charge is 2.43. The van der Waals surface area contributed by atoms with Gasteiger partial charge in [0.05, 0.1) is 12.1 Å². The molecule has 1 aromatic carbocycles. The molecule has 2 amide bonds. The Bertz CT molecular complexity index is 1170. The number of nitrogens with zero attached hydrogens (tertiary/aromatic N) is 1. The first-order chi connectivity index (χ1) is 16.3. The second kappa shape index (κ2) is 9.06. The number of benzene rings is 1. The van der Waals surface area contributed by atoms with Gasteiger partial charge in [0.1, 0.15) is 11.3 Å². The summed E-state index contributed by atoms with van der Waals surface area (Å²) in [6.07, 6.45) is 6.21. The second-order valence-corrected chi connectivity index (χ2v) is 9.97.